The lowest BCUT2D eigenvalue weighted by Crippen LogP contribution is -2.31. The van der Waals surface area contributed by atoms with Crippen molar-refractivity contribution in [3.8, 4) is 0 Å². The Balaban J connectivity index is 1.90. The van der Waals surface area contributed by atoms with Crippen molar-refractivity contribution in [2.45, 2.75) is 17.1 Å². The van der Waals surface area contributed by atoms with Crippen LogP contribution in [0.15, 0.2) is 47.5 Å². The van der Waals surface area contributed by atoms with Crippen LogP contribution >= 0.6 is 11.8 Å². The number of carbonyl (C=O) groups is 1. The summed E-state index contributed by atoms with van der Waals surface area (Å²) in [5.74, 6) is 6.23. The molecule has 1 amide bonds. The molecule has 0 spiro atoms. The zero-order valence-corrected chi connectivity index (χ0v) is 11.7. The maximum absolute atomic E-state index is 11.1. The van der Waals surface area contributed by atoms with E-state index in [1.807, 2.05) is 30.3 Å². The van der Waals surface area contributed by atoms with E-state index < -0.39 is 0 Å². The number of hydrogen-bond donors (Lipinski definition) is 3. The van der Waals surface area contributed by atoms with E-state index in [9.17, 15) is 4.79 Å². The molecule has 0 aliphatic heterocycles. The lowest BCUT2D eigenvalue weighted by molar-refractivity contribution is -0.120. The highest BCUT2D eigenvalue weighted by Crippen LogP contribution is 2.22. The minimum Gasteiger partial charge on any atom is -0.384 e. The Bertz CT molecular complexity index is 569. The Morgan fingerprint density at radius 2 is 1.85 bits per heavy atom. The predicted octanol–water partition coefficient (Wildman–Crippen LogP) is 1.49. The molecule has 0 bridgehead atoms. The summed E-state index contributed by atoms with van der Waals surface area (Å²) >= 11 is 1.69. The average Bonchev–Trinajstić information content (AvgIpc) is 2.48. The summed E-state index contributed by atoms with van der Waals surface area (Å²) in [4.78, 5) is 16.3. The second-order valence-electron chi connectivity index (χ2n) is 4.27. The van der Waals surface area contributed by atoms with Crippen LogP contribution < -0.4 is 17.0 Å². The SMILES string of the molecule is NNC(=O)Cc1ccc(CSc2ccc(N)nc2)cc1. The minimum absolute atomic E-state index is 0.194. The van der Waals surface area contributed by atoms with Crippen molar-refractivity contribution in [2.75, 3.05) is 5.73 Å². The van der Waals surface area contributed by atoms with Crippen LogP contribution in [0.4, 0.5) is 5.82 Å². The van der Waals surface area contributed by atoms with Gasteiger partial charge in [-0.15, -0.1) is 11.8 Å². The van der Waals surface area contributed by atoms with Crippen molar-refractivity contribution in [1.82, 2.24) is 10.4 Å². The number of carbonyl (C=O) groups excluding carboxylic acids is 1. The highest BCUT2D eigenvalue weighted by Gasteiger charge is 2.02. The molecule has 0 aliphatic carbocycles. The first-order valence-corrected chi connectivity index (χ1v) is 7.07. The number of nitrogens with two attached hydrogens (primary N) is 2. The monoisotopic (exact) mass is 288 g/mol. The van der Waals surface area contributed by atoms with E-state index in [1.54, 1.807) is 24.0 Å². The van der Waals surface area contributed by atoms with E-state index in [-0.39, 0.29) is 5.91 Å². The van der Waals surface area contributed by atoms with Gasteiger partial charge < -0.3 is 5.73 Å². The largest absolute Gasteiger partial charge is 0.384 e. The molecular weight excluding hydrogens is 272 g/mol. The van der Waals surface area contributed by atoms with Crippen LogP contribution in [0, 0.1) is 0 Å². The van der Waals surface area contributed by atoms with E-state index in [1.165, 1.54) is 5.56 Å². The Labute approximate surface area is 121 Å². The summed E-state index contributed by atoms with van der Waals surface area (Å²) in [6, 6.07) is 11.6. The van der Waals surface area contributed by atoms with E-state index in [0.717, 1.165) is 16.2 Å². The normalized spacial score (nSPS) is 10.2. The Morgan fingerprint density at radius 1 is 1.15 bits per heavy atom. The number of nitrogens with one attached hydrogen (secondary N) is 1. The minimum atomic E-state index is -0.194. The number of benzene rings is 1. The molecule has 2 rings (SSSR count). The fourth-order valence-electron chi connectivity index (χ4n) is 1.63. The summed E-state index contributed by atoms with van der Waals surface area (Å²) in [5, 5.41) is 0. The quantitative estimate of drug-likeness (QED) is 0.335. The standard InChI is InChI=1S/C14H16N4OS/c15-13-6-5-12(8-17-13)20-9-11-3-1-10(2-4-11)7-14(19)18-16/h1-6,8H,7,9,16H2,(H2,15,17)(H,18,19). The zero-order chi connectivity index (χ0) is 14.4. The third-order valence-electron chi connectivity index (χ3n) is 2.71. The summed E-state index contributed by atoms with van der Waals surface area (Å²) in [6.07, 6.45) is 2.06. The number of rotatable bonds is 5. The van der Waals surface area contributed by atoms with Crippen LogP contribution in [-0.2, 0) is 17.0 Å². The molecule has 5 nitrogen and oxygen atoms in total. The second-order valence-corrected chi connectivity index (χ2v) is 5.32. The number of hydrazine groups is 1. The number of amides is 1. The molecule has 0 atom stereocenters. The van der Waals surface area contributed by atoms with Gasteiger partial charge in [-0.3, -0.25) is 10.2 Å². The van der Waals surface area contributed by atoms with Crippen molar-refractivity contribution in [3.63, 3.8) is 0 Å². The number of anilines is 1. The van der Waals surface area contributed by atoms with Crippen molar-refractivity contribution in [1.29, 1.82) is 0 Å². The summed E-state index contributed by atoms with van der Waals surface area (Å²) in [5.41, 5.74) is 9.78. The summed E-state index contributed by atoms with van der Waals surface area (Å²) in [6.45, 7) is 0. The lowest BCUT2D eigenvalue weighted by atomic mass is 10.1. The van der Waals surface area contributed by atoms with Crippen molar-refractivity contribution in [3.05, 3.63) is 53.7 Å². The summed E-state index contributed by atoms with van der Waals surface area (Å²) in [7, 11) is 0. The molecule has 20 heavy (non-hydrogen) atoms. The third kappa shape index (κ3) is 4.25. The van der Waals surface area contributed by atoms with Crippen molar-refractivity contribution < 1.29 is 4.79 Å². The smallest absolute Gasteiger partial charge is 0.238 e. The molecule has 0 radical (unpaired) electrons. The first-order chi connectivity index (χ1) is 9.67. The van der Waals surface area contributed by atoms with Gasteiger partial charge in [0.15, 0.2) is 0 Å². The third-order valence-corrected chi connectivity index (χ3v) is 3.77. The van der Waals surface area contributed by atoms with Crippen LogP contribution in [0.3, 0.4) is 0 Å². The second kappa shape index (κ2) is 6.93. The van der Waals surface area contributed by atoms with Crippen molar-refractivity contribution in [2.24, 2.45) is 5.84 Å². The molecule has 1 aromatic carbocycles. The van der Waals surface area contributed by atoms with Gasteiger partial charge in [-0.05, 0) is 23.3 Å². The Morgan fingerprint density at radius 3 is 2.45 bits per heavy atom. The van der Waals surface area contributed by atoms with Gasteiger partial charge in [0.05, 0.1) is 6.42 Å². The molecule has 0 fully saturated rings. The average molecular weight is 288 g/mol. The molecule has 1 aromatic heterocycles. The number of hydrogen-bond acceptors (Lipinski definition) is 5. The Kier molecular flexibility index (Phi) is 4.97. The van der Waals surface area contributed by atoms with E-state index in [2.05, 4.69) is 10.4 Å². The van der Waals surface area contributed by atoms with Crippen LogP contribution in [-0.4, -0.2) is 10.9 Å². The topological polar surface area (TPSA) is 94.0 Å². The van der Waals surface area contributed by atoms with Gasteiger partial charge in [0.1, 0.15) is 5.82 Å². The fourth-order valence-corrected chi connectivity index (χ4v) is 2.45. The van der Waals surface area contributed by atoms with Gasteiger partial charge in [-0.2, -0.15) is 0 Å². The van der Waals surface area contributed by atoms with Crippen LogP contribution in [0.25, 0.3) is 0 Å². The molecular formula is C14H16N4OS. The molecule has 104 valence electrons. The maximum atomic E-state index is 11.1. The highest BCUT2D eigenvalue weighted by atomic mass is 32.2. The fraction of sp³-hybridized carbons (Fsp3) is 0.143. The molecule has 5 N–H and O–H groups in total. The van der Waals surface area contributed by atoms with Gasteiger partial charge in [0.2, 0.25) is 5.91 Å². The first-order valence-electron chi connectivity index (χ1n) is 6.09. The van der Waals surface area contributed by atoms with E-state index in [0.29, 0.717) is 12.2 Å². The molecule has 0 aliphatic rings. The number of thioether (sulfide) groups is 1. The molecule has 1 heterocycles. The maximum Gasteiger partial charge on any atom is 0.238 e. The van der Waals surface area contributed by atoms with Crippen LogP contribution in [0.5, 0.6) is 0 Å². The number of pyridine rings is 1. The van der Waals surface area contributed by atoms with Gasteiger partial charge >= 0.3 is 0 Å². The predicted molar refractivity (Wildman–Crippen MR) is 80.7 cm³/mol. The zero-order valence-electron chi connectivity index (χ0n) is 10.9. The molecule has 2 aromatic rings. The van der Waals surface area contributed by atoms with Gasteiger partial charge in [-0.1, -0.05) is 24.3 Å². The number of aromatic nitrogens is 1. The molecule has 0 unspecified atom stereocenters. The van der Waals surface area contributed by atoms with Crippen LogP contribution in [0.2, 0.25) is 0 Å². The van der Waals surface area contributed by atoms with E-state index in [4.69, 9.17) is 11.6 Å². The molecule has 0 saturated heterocycles. The molecule has 6 heteroatoms. The Hall–Kier alpha value is -2.05. The highest BCUT2D eigenvalue weighted by molar-refractivity contribution is 7.98. The van der Waals surface area contributed by atoms with Crippen molar-refractivity contribution >= 4 is 23.5 Å². The summed E-state index contributed by atoms with van der Waals surface area (Å²) < 4.78 is 0. The number of nitrogens with zero attached hydrogens (tertiary/aromatic N) is 1. The molecule has 0 saturated carbocycles. The van der Waals surface area contributed by atoms with Gasteiger partial charge in [-0.25, -0.2) is 10.8 Å². The first kappa shape index (κ1) is 14.4. The van der Waals surface area contributed by atoms with Gasteiger partial charge in [0, 0.05) is 16.8 Å². The van der Waals surface area contributed by atoms with Gasteiger partial charge in [0.25, 0.3) is 0 Å². The lowest BCUT2D eigenvalue weighted by Gasteiger charge is -2.04. The van der Waals surface area contributed by atoms with Crippen LogP contribution in [0.1, 0.15) is 11.1 Å². The van der Waals surface area contributed by atoms with E-state index >= 15 is 0 Å². The number of nitrogen functional groups attached to an aromatic ring is 1.